The second kappa shape index (κ2) is 6.29. The summed E-state index contributed by atoms with van der Waals surface area (Å²) in [4.78, 5) is 20.3. The van der Waals surface area contributed by atoms with Crippen molar-refractivity contribution in [3.63, 3.8) is 0 Å². The van der Waals surface area contributed by atoms with Crippen LogP contribution in [0.5, 0.6) is 0 Å². The third kappa shape index (κ3) is 3.21. The molecule has 1 amide bonds. The predicted molar refractivity (Wildman–Crippen MR) is 77.4 cm³/mol. The van der Waals surface area contributed by atoms with Crippen molar-refractivity contribution in [1.29, 1.82) is 0 Å². The van der Waals surface area contributed by atoms with Gasteiger partial charge in [-0.05, 0) is 18.1 Å². The van der Waals surface area contributed by atoms with Crippen molar-refractivity contribution in [2.75, 3.05) is 11.9 Å². The maximum absolute atomic E-state index is 12.1. The van der Waals surface area contributed by atoms with Gasteiger partial charge >= 0.3 is 0 Å². The first kappa shape index (κ1) is 14.2. The number of carbonyl (C=O) groups excluding carboxylic acids is 1. The van der Waals surface area contributed by atoms with Crippen LogP contribution in [0.25, 0.3) is 5.82 Å². The third-order valence-corrected chi connectivity index (χ3v) is 3.18. The molecular weight excluding hydrogens is 254 g/mol. The first-order valence-corrected chi connectivity index (χ1v) is 6.57. The number of carbonyl (C=O) groups is 1. The summed E-state index contributed by atoms with van der Waals surface area (Å²) in [6, 6.07) is 3.64. The quantitative estimate of drug-likeness (QED) is 0.863. The zero-order valence-corrected chi connectivity index (χ0v) is 11.7. The van der Waals surface area contributed by atoms with Gasteiger partial charge in [-0.15, -0.1) is 0 Å². The van der Waals surface area contributed by atoms with Crippen LogP contribution in [0.2, 0.25) is 0 Å². The van der Waals surface area contributed by atoms with Crippen LogP contribution in [0, 0.1) is 11.8 Å². The van der Waals surface area contributed by atoms with Crippen LogP contribution in [0.15, 0.2) is 37.1 Å². The van der Waals surface area contributed by atoms with Crippen molar-refractivity contribution in [2.45, 2.75) is 13.8 Å². The van der Waals surface area contributed by atoms with Gasteiger partial charge in [-0.25, -0.2) is 9.97 Å². The molecule has 6 nitrogen and oxygen atoms in total. The average Bonchev–Trinajstić information content (AvgIpc) is 2.94. The van der Waals surface area contributed by atoms with Gasteiger partial charge in [0, 0.05) is 18.9 Å². The van der Waals surface area contributed by atoms with E-state index in [2.05, 4.69) is 15.3 Å². The van der Waals surface area contributed by atoms with Crippen LogP contribution in [0.1, 0.15) is 13.8 Å². The Hall–Kier alpha value is -2.21. The van der Waals surface area contributed by atoms with Crippen LogP contribution < -0.4 is 11.1 Å². The van der Waals surface area contributed by atoms with E-state index in [0.29, 0.717) is 12.2 Å². The average molecular weight is 273 g/mol. The molecule has 3 N–H and O–H groups in total. The number of nitrogens with two attached hydrogens (primary N) is 1. The molecule has 2 rings (SSSR count). The predicted octanol–water partition coefficient (Wildman–Crippen LogP) is 1.44. The Morgan fingerprint density at radius 2 is 2.25 bits per heavy atom. The molecule has 2 aromatic heterocycles. The summed E-state index contributed by atoms with van der Waals surface area (Å²) >= 11 is 0. The van der Waals surface area contributed by atoms with Crippen molar-refractivity contribution in [2.24, 2.45) is 17.6 Å². The number of hydrogen-bond donors (Lipinski definition) is 2. The minimum atomic E-state index is -0.191. The number of rotatable bonds is 5. The monoisotopic (exact) mass is 273 g/mol. The van der Waals surface area contributed by atoms with Crippen LogP contribution in [0.4, 0.5) is 5.69 Å². The summed E-state index contributed by atoms with van der Waals surface area (Å²) < 4.78 is 1.79. The fraction of sp³-hybridized carbons (Fsp3) is 0.357. The molecule has 0 saturated carbocycles. The lowest BCUT2D eigenvalue weighted by molar-refractivity contribution is -0.120. The van der Waals surface area contributed by atoms with Gasteiger partial charge in [0.25, 0.3) is 0 Å². The van der Waals surface area contributed by atoms with Gasteiger partial charge in [0.1, 0.15) is 12.1 Å². The van der Waals surface area contributed by atoms with Crippen LogP contribution in [-0.4, -0.2) is 27.0 Å². The lowest BCUT2D eigenvalue weighted by Crippen LogP contribution is -2.33. The fourth-order valence-electron chi connectivity index (χ4n) is 1.92. The summed E-state index contributed by atoms with van der Waals surface area (Å²) in [5.41, 5.74) is 6.29. The summed E-state index contributed by atoms with van der Waals surface area (Å²) in [6.45, 7) is 4.30. The minimum Gasteiger partial charge on any atom is -0.330 e. The smallest absolute Gasteiger partial charge is 0.229 e. The van der Waals surface area contributed by atoms with Crippen molar-refractivity contribution in [3.05, 3.63) is 37.1 Å². The van der Waals surface area contributed by atoms with Crippen molar-refractivity contribution in [3.8, 4) is 5.82 Å². The number of anilines is 1. The molecule has 0 aliphatic rings. The van der Waals surface area contributed by atoms with E-state index >= 15 is 0 Å². The number of nitrogens with one attached hydrogen (secondary N) is 1. The van der Waals surface area contributed by atoms with E-state index in [0.717, 1.165) is 5.82 Å². The molecule has 1 atom stereocenters. The molecular formula is C14H19N5O. The van der Waals surface area contributed by atoms with E-state index in [-0.39, 0.29) is 17.7 Å². The second-order valence-corrected chi connectivity index (χ2v) is 4.95. The van der Waals surface area contributed by atoms with Gasteiger partial charge in [-0.2, -0.15) is 0 Å². The number of aromatic nitrogens is 3. The highest BCUT2D eigenvalue weighted by Gasteiger charge is 2.20. The normalized spacial score (nSPS) is 12.4. The molecule has 0 aliphatic carbocycles. The van der Waals surface area contributed by atoms with E-state index in [9.17, 15) is 4.79 Å². The van der Waals surface area contributed by atoms with E-state index < -0.39 is 0 Å². The molecule has 20 heavy (non-hydrogen) atoms. The van der Waals surface area contributed by atoms with Gasteiger partial charge in [-0.3, -0.25) is 9.36 Å². The minimum absolute atomic E-state index is 0.0697. The standard InChI is InChI=1S/C14H19N5O/c1-10(2)12(7-15)14(20)18-11-3-4-13(17-8-11)19-6-5-16-9-19/h3-6,8-10,12H,7,15H2,1-2H3,(H,18,20). The van der Waals surface area contributed by atoms with Gasteiger partial charge < -0.3 is 11.1 Å². The van der Waals surface area contributed by atoms with Crippen LogP contribution >= 0.6 is 0 Å². The molecule has 0 saturated heterocycles. The highest BCUT2D eigenvalue weighted by atomic mass is 16.1. The summed E-state index contributed by atoms with van der Waals surface area (Å²) in [5.74, 6) is 0.695. The summed E-state index contributed by atoms with van der Waals surface area (Å²) in [6.07, 6.45) is 6.79. The SMILES string of the molecule is CC(C)C(CN)C(=O)Nc1ccc(-n2ccnc2)nc1. The maximum Gasteiger partial charge on any atom is 0.229 e. The Balaban J connectivity index is 2.06. The molecule has 0 radical (unpaired) electrons. The molecule has 0 bridgehead atoms. The van der Waals surface area contributed by atoms with E-state index in [1.165, 1.54) is 0 Å². The van der Waals surface area contributed by atoms with E-state index in [1.807, 2.05) is 32.2 Å². The zero-order chi connectivity index (χ0) is 14.5. The molecule has 0 fully saturated rings. The number of pyridine rings is 1. The van der Waals surface area contributed by atoms with E-state index in [1.54, 1.807) is 23.3 Å². The van der Waals surface area contributed by atoms with Gasteiger partial charge in [0.2, 0.25) is 5.91 Å². The second-order valence-electron chi connectivity index (χ2n) is 4.95. The number of amides is 1. The molecule has 6 heteroatoms. The fourth-order valence-corrected chi connectivity index (χ4v) is 1.92. The Kier molecular flexibility index (Phi) is 4.47. The molecule has 0 aliphatic heterocycles. The van der Waals surface area contributed by atoms with Gasteiger partial charge in [-0.1, -0.05) is 13.8 Å². The Bertz CT molecular complexity index is 547. The molecule has 0 spiro atoms. The molecule has 2 aromatic rings. The van der Waals surface area contributed by atoms with Gasteiger partial charge in [0.05, 0.1) is 17.8 Å². The van der Waals surface area contributed by atoms with Crippen molar-refractivity contribution in [1.82, 2.24) is 14.5 Å². The Labute approximate surface area is 118 Å². The number of hydrogen-bond acceptors (Lipinski definition) is 4. The molecule has 2 heterocycles. The highest BCUT2D eigenvalue weighted by molar-refractivity contribution is 5.92. The largest absolute Gasteiger partial charge is 0.330 e. The van der Waals surface area contributed by atoms with E-state index in [4.69, 9.17) is 5.73 Å². The lowest BCUT2D eigenvalue weighted by atomic mass is 9.95. The first-order chi connectivity index (χ1) is 9.61. The topological polar surface area (TPSA) is 85.8 Å². The lowest BCUT2D eigenvalue weighted by Gasteiger charge is -2.18. The van der Waals surface area contributed by atoms with Gasteiger partial charge in [0.15, 0.2) is 0 Å². The molecule has 0 aromatic carbocycles. The number of nitrogens with zero attached hydrogens (tertiary/aromatic N) is 3. The maximum atomic E-state index is 12.1. The summed E-state index contributed by atoms with van der Waals surface area (Å²) in [5, 5.41) is 2.84. The third-order valence-electron chi connectivity index (χ3n) is 3.18. The first-order valence-electron chi connectivity index (χ1n) is 6.57. The van der Waals surface area contributed by atoms with Crippen LogP contribution in [-0.2, 0) is 4.79 Å². The van der Waals surface area contributed by atoms with Crippen molar-refractivity contribution < 1.29 is 4.79 Å². The summed E-state index contributed by atoms with van der Waals surface area (Å²) in [7, 11) is 0. The molecule has 1 unspecified atom stereocenters. The Morgan fingerprint density at radius 3 is 2.75 bits per heavy atom. The Morgan fingerprint density at radius 1 is 1.45 bits per heavy atom. The molecule has 106 valence electrons. The van der Waals surface area contributed by atoms with Crippen molar-refractivity contribution >= 4 is 11.6 Å². The van der Waals surface area contributed by atoms with Crippen LogP contribution in [0.3, 0.4) is 0 Å². The zero-order valence-electron chi connectivity index (χ0n) is 11.7. The number of imidazole rings is 1. The highest BCUT2D eigenvalue weighted by Crippen LogP contribution is 2.14.